The highest BCUT2D eigenvalue weighted by Crippen LogP contribution is 2.25. The van der Waals surface area contributed by atoms with E-state index in [1.54, 1.807) is 13.2 Å². The highest BCUT2D eigenvalue weighted by molar-refractivity contribution is 5.41. The van der Waals surface area contributed by atoms with Gasteiger partial charge >= 0.3 is 0 Å². The minimum absolute atomic E-state index is 0.172. The molecule has 17 heavy (non-hydrogen) atoms. The lowest BCUT2D eigenvalue weighted by Crippen LogP contribution is -2.14. The van der Waals surface area contributed by atoms with Crippen molar-refractivity contribution >= 4 is 0 Å². The Morgan fingerprint density at radius 1 is 1.41 bits per heavy atom. The molecule has 0 spiro atoms. The summed E-state index contributed by atoms with van der Waals surface area (Å²) >= 11 is 0. The van der Waals surface area contributed by atoms with Crippen molar-refractivity contribution in [2.24, 2.45) is 0 Å². The fourth-order valence-corrected chi connectivity index (χ4v) is 1.54. The molecule has 0 aliphatic rings. The Kier molecular flexibility index (Phi) is 5.98. The Labute approximate surface area is 103 Å². The summed E-state index contributed by atoms with van der Waals surface area (Å²) in [5.74, 6) is 3.31. The molecule has 0 atom stereocenters. The Morgan fingerprint density at radius 2 is 2.24 bits per heavy atom. The van der Waals surface area contributed by atoms with E-state index in [-0.39, 0.29) is 5.75 Å². The second-order valence-electron chi connectivity index (χ2n) is 3.84. The Morgan fingerprint density at radius 3 is 2.94 bits per heavy atom. The van der Waals surface area contributed by atoms with Crippen LogP contribution in [0.1, 0.15) is 24.8 Å². The zero-order chi connectivity index (χ0) is 12.5. The van der Waals surface area contributed by atoms with Crippen molar-refractivity contribution in [3.8, 4) is 23.8 Å². The summed E-state index contributed by atoms with van der Waals surface area (Å²) in [5.41, 5.74) is 1.09. The first kappa shape index (κ1) is 13.4. The molecule has 0 aromatic heterocycles. The number of unbranched alkanes of at least 4 members (excludes halogenated alkanes) is 2. The Balaban J connectivity index is 2.30. The summed E-state index contributed by atoms with van der Waals surface area (Å²) in [6.07, 6.45) is 8.16. The fraction of sp³-hybridized carbons (Fsp3) is 0.429. The monoisotopic (exact) mass is 233 g/mol. The molecule has 3 heteroatoms. The van der Waals surface area contributed by atoms with Crippen LogP contribution in [0.4, 0.5) is 0 Å². The number of phenols is 1. The summed E-state index contributed by atoms with van der Waals surface area (Å²) in [7, 11) is 1.55. The summed E-state index contributed by atoms with van der Waals surface area (Å²) < 4.78 is 5.05. The lowest BCUT2D eigenvalue weighted by molar-refractivity contribution is 0.373. The molecule has 0 aliphatic heterocycles. The minimum atomic E-state index is 0.172. The third-order valence-electron chi connectivity index (χ3n) is 2.50. The molecule has 0 saturated heterocycles. The Hall–Kier alpha value is -1.66. The SMILES string of the molecule is C#CCCCCNCc1ccc(O)c(OC)c1. The molecule has 0 aliphatic carbocycles. The van der Waals surface area contributed by atoms with Crippen LogP contribution in [-0.4, -0.2) is 18.8 Å². The molecule has 1 aromatic rings. The molecule has 3 nitrogen and oxygen atoms in total. The van der Waals surface area contributed by atoms with Gasteiger partial charge in [0.05, 0.1) is 7.11 Å². The number of phenolic OH excluding ortho intramolecular Hbond substituents is 1. The topological polar surface area (TPSA) is 41.5 Å². The standard InChI is InChI=1S/C14H19NO2/c1-3-4-5-6-9-15-11-12-7-8-13(16)14(10-12)17-2/h1,7-8,10,15-16H,4-6,9,11H2,2H3. The molecule has 92 valence electrons. The maximum Gasteiger partial charge on any atom is 0.160 e. The van der Waals surface area contributed by atoms with Gasteiger partial charge in [-0.1, -0.05) is 6.07 Å². The third kappa shape index (κ3) is 4.80. The van der Waals surface area contributed by atoms with E-state index in [9.17, 15) is 5.11 Å². The number of ether oxygens (including phenoxy) is 1. The van der Waals surface area contributed by atoms with Crippen LogP contribution < -0.4 is 10.1 Å². The quantitative estimate of drug-likeness (QED) is 0.561. The van der Waals surface area contributed by atoms with Crippen LogP contribution in [0.2, 0.25) is 0 Å². The minimum Gasteiger partial charge on any atom is -0.504 e. The lowest BCUT2D eigenvalue weighted by atomic mass is 10.2. The molecular weight excluding hydrogens is 214 g/mol. The smallest absolute Gasteiger partial charge is 0.160 e. The van der Waals surface area contributed by atoms with Crippen LogP contribution in [0.25, 0.3) is 0 Å². The van der Waals surface area contributed by atoms with Gasteiger partial charge in [0.15, 0.2) is 11.5 Å². The predicted molar refractivity (Wildman–Crippen MR) is 69.0 cm³/mol. The summed E-state index contributed by atoms with van der Waals surface area (Å²) in [5, 5.41) is 12.8. The predicted octanol–water partition coefficient (Wildman–Crippen LogP) is 2.29. The van der Waals surface area contributed by atoms with Crippen LogP contribution in [0.15, 0.2) is 18.2 Å². The summed E-state index contributed by atoms with van der Waals surface area (Å²) in [6, 6.07) is 5.37. The maximum atomic E-state index is 9.44. The largest absolute Gasteiger partial charge is 0.504 e. The van der Waals surface area contributed by atoms with Crippen molar-refractivity contribution in [3.05, 3.63) is 23.8 Å². The van der Waals surface area contributed by atoms with E-state index in [2.05, 4.69) is 11.2 Å². The number of terminal acetylenes is 1. The average Bonchev–Trinajstić information content (AvgIpc) is 2.35. The van der Waals surface area contributed by atoms with Gasteiger partial charge in [-0.2, -0.15) is 0 Å². The van der Waals surface area contributed by atoms with Crippen LogP contribution in [-0.2, 0) is 6.54 Å². The number of benzene rings is 1. The first-order valence-electron chi connectivity index (χ1n) is 5.78. The van der Waals surface area contributed by atoms with Crippen LogP contribution in [0.5, 0.6) is 11.5 Å². The van der Waals surface area contributed by atoms with Gasteiger partial charge in [-0.15, -0.1) is 12.3 Å². The van der Waals surface area contributed by atoms with Gasteiger partial charge in [-0.3, -0.25) is 0 Å². The van der Waals surface area contributed by atoms with Crippen LogP contribution >= 0.6 is 0 Å². The molecule has 0 saturated carbocycles. The molecule has 0 heterocycles. The van der Waals surface area contributed by atoms with Gasteiger partial charge in [-0.05, 0) is 37.1 Å². The maximum absolute atomic E-state index is 9.44. The summed E-state index contributed by atoms with van der Waals surface area (Å²) in [4.78, 5) is 0. The van der Waals surface area contributed by atoms with E-state index in [0.717, 1.165) is 37.9 Å². The van der Waals surface area contributed by atoms with Crippen molar-refractivity contribution in [3.63, 3.8) is 0 Å². The zero-order valence-corrected chi connectivity index (χ0v) is 10.2. The number of hydrogen-bond donors (Lipinski definition) is 2. The molecule has 0 radical (unpaired) electrons. The zero-order valence-electron chi connectivity index (χ0n) is 10.2. The first-order chi connectivity index (χ1) is 8.27. The highest BCUT2D eigenvalue weighted by Gasteiger charge is 2.01. The molecule has 0 amide bonds. The average molecular weight is 233 g/mol. The van der Waals surface area contributed by atoms with Crippen LogP contribution in [0, 0.1) is 12.3 Å². The van der Waals surface area contributed by atoms with Crippen LogP contribution in [0.3, 0.4) is 0 Å². The molecule has 2 N–H and O–H groups in total. The number of nitrogens with one attached hydrogen (secondary N) is 1. The number of hydrogen-bond acceptors (Lipinski definition) is 3. The van der Waals surface area contributed by atoms with Crippen molar-refractivity contribution in [2.75, 3.05) is 13.7 Å². The van der Waals surface area contributed by atoms with E-state index in [0.29, 0.717) is 5.75 Å². The van der Waals surface area contributed by atoms with E-state index < -0.39 is 0 Å². The summed E-state index contributed by atoms with van der Waals surface area (Å²) in [6.45, 7) is 1.72. The second-order valence-corrected chi connectivity index (χ2v) is 3.84. The van der Waals surface area contributed by atoms with Gasteiger partial charge < -0.3 is 15.2 Å². The van der Waals surface area contributed by atoms with E-state index in [4.69, 9.17) is 11.2 Å². The lowest BCUT2D eigenvalue weighted by Gasteiger charge is -2.07. The first-order valence-corrected chi connectivity index (χ1v) is 5.78. The van der Waals surface area contributed by atoms with Crippen molar-refractivity contribution in [1.29, 1.82) is 0 Å². The molecule has 1 aromatic carbocycles. The fourth-order valence-electron chi connectivity index (χ4n) is 1.54. The van der Waals surface area contributed by atoms with Crippen molar-refractivity contribution in [1.82, 2.24) is 5.32 Å². The Bertz CT molecular complexity index is 382. The van der Waals surface area contributed by atoms with Gasteiger partial charge in [-0.25, -0.2) is 0 Å². The second kappa shape index (κ2) is 7.59. The molecule has 0 unspecified atom stereocenters. The normalized spacial score (nSPS) is 9.88. The van der Waals surface area contributed by atoms with Crippen molar-refractivity contribution < 1.29 is 9.84 Å². The highest BCUT2D eigenvalue weighted by atomic mass is 16.5. The van der Waals surface area contributed by atoms with Gasteiger partial charge in [0.25, 0.3) is 0 Å². The number of aromatic hydroxyl groups is 1. The molecule has 0 bridgehead atoms. The third-order valence-corrected chi connectivity index (χ3v) is 2.50. The molecule has 0 fully saturated rings. The van der Waals surface area contributed by atoms with Crippen molar-refractivity contribution in [2.45, 2.75) is 25.8 Å². The number of rotatable bonds is 7. The number of methoxy groups -OCH3 is 1. The van der Waals surface area contributed by atoms with E-state index in [1.807, 2.05) is 12.1 Å². The molecule has 1 rings (SSSR count). The van der Waals surface area contributed by atoms with Gasteiger partial charge in [0.2, 0.25) is 0 Å². The van der Waals surface area contributed by atoms with E-state index >= 15 is 0 Å². The van der Waals surface area contributed by atoms with Gasteiger partial charge in [0, 0.05) is 13.0 Å². The molecular formula is C14H19NO2. The van der Waals surface area contributed by atoms with E-state index in [1.165, 1.54) is 0 Å². The van der Waals surface area contributed by atoms with Gasteiger partial charge in [0.1, 0.15) is 0 Å².